The second-order valence-corrected chi connectivity index (χ2v) is 7.32. The van der Waals surface area contributed by atoms with Gasteiger partial charge in [0.2, 0.25) is 0 Å². The highest BCUT2D eigenvalue weighted by Crippen LogP contribution is 2.59. The number of hydrogen-bond donors (Lipinski definition) is 0. The number of ether oxygens (including phenoxy) is 1. The van der Waals surface area contributed by atoms with E-state index in [9.17, 15) is 4.79 Å². The maximum atomic E-state index is 12.3. The summed E-state index contributed by atoms with van der Waals surface area (Å²) < 4.78 is 5.44. The summed E-state index contributed by atoms with van der Waals surface area (Å²) in [5.74, 6) is 0.599. The molecule has 0 bridgehead atoms. The molecule has 1 aliphatic heterocycles. The first-order valence-corrected chi connectivity index (χ1v) is 9.14. The smallest absolute Gasteiger partial charge is 0.409 e. The zero-order valence-corrected chi connectivity index (χ0v) is 14.3. The fourth-order valence-electron chi connectivity index (χ4n) is 4.17. The largest absolute Gasteiger partial charge is 0.449 e. The predicted molar refractivity (Wildman–Crippen MR) is 96.2 cm³/mol. The maximum Gasteiger partial charge on any atom is 0.409 e. The molecule has 4 rings (SSSR count). The fourth-order valence-corrected chi connectivity index (χ4v) is 4.17. The van der Waals surface area contributed by atoms with Gasteiger partial charge in [-0.25, -0.2) is 4.79 Å². The third-order valence-electron chi connectivity index (χ3n) is 5.70. The van der Waals surface area contributed by atoms with Crippen molar-refractivity contribution in [2.24, 2.45) is 5.92 Å². The van der Waals surface area contributed by atoms with Gasteiger partial charge in [-0.3, -0.25) is 0 Å². The number of carbonyl (C=O) groups excluding carboxylic acids is 1. The van der Waals surface area contributed by atoms with E-state index >= 15 is 0 Å². The molecule has 2 aliphatic rings. The number of amides is 1. The average Bonchev–Trinajstić information content (AvgIpc) is 3.19. The number of nitrogens with zero attached hydrogens (tertiary/aromatic N) is 1. The quantitative estimate of drug-likeness (QED) is 0.744. The zero-order chi connectivity index (χ0) is 16.6. The van der Waals surface area contributed by atoms with Crippen LogP contribution in [0.25, 0.3) is 10.8 Å². The third-order valence-corrected chi connectivity index (χ3v) is 5.70. The number of unbranched alkanes of at least 4 members (excludes halogenated alkanes) is 2. The Morgan fingerprint density at radius 1 is 1.21 bits per heavy atom. The van der Waals surface area contributed by atoms with Crippen LogP contribution in [0, 0.1) is 5.92 Å². The van der Waals surface area contributed by atoms with E-state index in [1.807, 2.05) is 4.90 Å². The van der Waals surface area contributed by atoms with Crippen LogP contribution in [0.2, 0.25) is 0 Å². The molecule has 2 aromatic rings. The van der Waals surface area contributed by atoms with Crippen molar-refractivity contribution in [3.63, 3.8) is 0 Å². The zero-order valence-electron chi connectivity index (χ0n) is 14.3. The molecule has 2 atom stereocenters. The van der Waals surface area contributed by atoms with Crippen molar-refractivity contribution in [3.05, 3.63) is 48.0 Å². The van der Waals surface area contributed by atoms with Gasteiger partial charge in [0.15, 0.2) is 0 Å². The van der Waals surface area contributed by atoms with E-state index in [1.54, 1.807) is 0 Å². The molecule has 1 aliphatic carbocycles. The van der Waals surface area contributed by atoms with Crippen molar-refractivity contribution in [1.29, 1.82) is 0 Å². The van der Waals surface area contributed by atoms with Crippen LogP contribution in [0.3, 0.4) is 0 Å². The lowest BCUT2D eigenvalue weighted by Crippen LogP contribution is -2.33. The van der Waals surface area contributed by atoms with E-state index in [0.717, 1.165) is 32.4 Å². The summed E-state index contributed by atoms with van der Waals surface area (Å²) in [6, 6.07) is 15.2. The monoisotopic (exact) mass is 323 g/mol. The highest BCUT2D eigenvalue weighted by Gasteiger charge is 2.61. The highest BCUT2D eigenvalue weighted by atomic mass is 16.6. The van der Waals surface area contributed by atoms with Crippen molar-refractivity contribution in [2.75, 3.05) is 19.7 Å². The molecule has 0 aromatic heterocycles. The Hall–Kier alpha value is -2.03. The van der Waals surface area contributed by atoms with Gasteiger partial charge >= 0.3 is 6.09 Å². The third kappa shape index (κ3) is 2.66. The van der Waals surface area contributed by atoms with Crippen LogP contribution >= 0.6 is 0 Å². The van der Waals surface area contributed by atoms with E-state index in [4.69, 9.17) is 4.74 Å². The molecule has 0 radical (unpaired) electrons. The maximum absolute atomic E-state index is 12.3. The standard InChI is InChI=1S/C21H25NO2/c1-2-3-6-11-24-20(23)22-14-19-13-21(19,15-22)18-10-9-16-7-4-5-8-17(16)12-18/h4-5,7-10,12,19H,2-3,6,11,13-15H2,1H3/t19-,21+/m1/s1. The van der Waals surface area contributed by atoms with Crippen LogP contribution in [-0.4, -0.2) is 30.7 Å². The molecule has 1 amide bonds. The Kier molecular flexibility index (Phi) is 3.95. The molecule has 3 heteroatoms. The second-order valence-electron chi connectivity index (χ2n) is 7.32. The minimum atomic E-state index is -0.126. The molecule has 24 heavy (non-hydrogen) atoms. The van der Waals surface area contributed by atoms with Gasteiger partial charge in [-0.1, -0.05) is 62.2 Å². The van der Waals surface area contributed by atoms with E-state index in [2.05, 4.69) is 49.4 Å². The predicted octanol–water partition coefficient (Wildman–Crippen LogP) is 4.74. The van der Waals surface area contributed by atoms with Gasteiger partial charge in [0.25, 0.3) is 0 Å². The summed E-state index contributed by atoms with van der Waals surface area (Å²) in [5, 5.41) is 2.57. The first-order valence-electron chi connectivity index (χ1n) is 9.14. The second kappa shape index (κ2) is 6.12. The van der Waals surface area contributed by atoms with E-state index < -0.39 is 0 Å². The SMILES string of the molecule is CCCCCOC(=O)N1C[C@H]2C[C@@]2(c2ccc3ccccc3c2)C1. The minimum Gasteiger partial charge on any atom is -0.449 e. The lowest BCUT2D eigenvalue weighted by molar-refractivity contribution is 0.104. The summed E-state index contributed by atoms with van der Waals surface area (Å²) in [6.07, 6.45) is 4.31. The minimum absolute atomic E-state index is 0.126. The number of piperidine rings is 1. The van der Waals surface area contributed by atoms with Crippen LogP contribution in [0.5, 0.6) is 0 Å². The molecule has 3 nitrogen and oxygen atoms in total. The number of likely N-dealkylation sites (tertiary alicyclic amines) is 1. The molecular weight excluding hydrogens is 298 g/mol. The summed E-state index contributed by atoms with van der Waals surface area (Å²) >= 11 is 0. The Morgan fingerprint density at radius 2 is 2.04 bits per heavy atom. The molecule has 0 N–H and O–H groups in total. The summed E-state index contributed by atoms with van der Waals surface area (Å²) in [5.41, 5.74) is 1.56. The fraction of sp³-hybridized carbons (Fsp3) is 0.476. The molecular formula is C21H25NO2. The normalized spacial score (nSPS) is 24.9. The number of benzene rings is 2. The Labute approximate surface area is 143 Å². The Balaban J connectivity index is 1.44. The number of hydrogen-bond acceptors (Lipinski definition) is 2. The number of rotatable bonds is 5. The van der Waals surface area contributed by atoms with Crippen molar-refractivity contribution in [1.82, 2.24) is 4.90 Å². The van der Waals surface area contributed by atoms with Gasteiger partial charge in [0.1, 0.15) is 0 Å². The molecule has 2 fully saturated rings. The average molecular weight is 323 g/mol. The Morgan fingerprint density at radius 3 is 2.88 bits per heavy atom. The van der Waals surface area contributed by atoms with Gasteiger partial charge in [0.05, 0.1) is 6.61 Å². The highest BCUT2D eigenvalue weighted by molar-refractivity contribution is 5.83. The molecule has 1 saturated carbocycles. The van der Waals surface area contributed by atoms with Gasteiger partial charge < -0.3 is 9.64 Å². The molecule has 0 spiro atoms. The van der Waals surface area contributed by atoms with Crippen LogP contribution in [-0.2, 0) is 10.2 Å². The summed E-state index contributed by atoms with van der Waals surface area (Å²) in [7, 11) is 0. The molecule has 1 heterocycles. The van der Waals surface area contributed by atoms with Crippen LogP contribution < -0.4 is 0 Å². The van der Waals surface area contributed by atoms with E-state index in [-0.39, 0.29) is 11.5 Å². The van der Waals surface area contributed by atoms with Gasteiger partial charge in [-0.05, 0) is 35.1 Å². The Bertz CT molecular complexity index is 756. The lowest BCUT2D eigenvalue weighted by Gasteiger charge is -2.21. The topological polar surface area (TPSA) is 29.5 Å². The van der Waals surface area contributed by atoms with Crippen molar-refractivity contribution < 1.29 is 9.53 Å². The molecule has 1 saturated heterocycles. The molecule has 2 aromatic carbocycles. The molecule has 0 unspecified atom stereocenters. The van der Waals surface area contributed by atoms with Crippen LogP contribution in [0.1, 0.15) is 38.2 Å². The number of fused-ring (bicyclic) bond motifs is 2. The van der Waals surface area contributed by atoms with Crippen molar-refractivity contribution >= 4 is 16.9 Å². The van der Waals surface area contributed by atoms with E-state index in [0.29, 0.717) is 12.5 Å². The van der Waals surface area contributed by atoms with Gasteiger partial charge in [-0.15, -0.1) is 0 Å². The van der Waals surface area contributed by atoms with Gasteiger partial charge in [-0.2, -0.15) is 0 Å². The first-order chi connectivity index (χ1) is 11.7. The number of carbonyl (C=O) groups is 1. The van der Waals surface area contributed by atoms with Gasteiger partial charge in [0, 0.05) is 18.5 Å². The first kappa shape index (κ1) is 15.5. The van der Waals surface area contributed by atoms with Crippen molar-refractivity contribution in [2.45, 2.75) is 38.0 Å². The van der Waals surface area contributed by atoms with Crippen LogP contribution in [0.15, 0.2) is 42.5 Å². The molecule has 126 valence electrons. The van der Waals surface area contributed by atoms with Crippen molar-refractivity contribution in [3.8, 4) is 0 Å². The van der Waals surface area contributed by atoms with Crippen LogP contribution in [0.4, 0.5) is 4.79 Å². The van der Waals surface area contributed by atoms with E-state index in [1.165, 1.54) is 22.8 Å². The summed E-state index contributed by atoms with van der Waals surface area (Å²) in [4.78, 5) is 14.2. The lowest BCUT2D eigenvalue weighted by atomic mass is 9.93. The summed E-state index contributed by atoms with van der Waals surface area (Å²) in [6.45, 7) is 4.36.